The molecule has 4 rings (SSSR count). The van der Waals surface area contributed by atoms with Gasteiger partial charge in [-0.1, -0.05) is 42.5 Å². The van der Waals surface area contributed by atoms with Gasteiger partial charge in [0.25, 0.3) is 0 Å². The van der Waals surface area contributed by atoms with Gasteiger partial charge in [0.2, 0.25) is 0 Å². The Kier molecular flexibility index (Phi) is 3.91. The predicted octanol–water partition coefficient (Wildman–Crippen LogP) is 5.45. The average Bonchev–Trinajstić information content (AvgIpc) is 3.09. The zero-order valence-corrected chi connectivity index (χ0v) is 13.9. The molecular formula is C20H13NO3S. The van der Waals surface area contributed by atoms with E-state index in [0.717, 1.165) is 21.2 Å². The number of carbonyl (C=O) groups is 1. The third-order valence-corrected chi connectivity index (χ3v) is 4.87. The number of rotatable bonds is 4. The summed E-state index contributed by atoms with van der Waals surface area (Å²) in [5.41, 5.74) is 2.25. The molecule has 4 aromatic rings. The number of benzene rings is 2. The van der Waals surface area contributed by atoms with Crippen molar-refractivity contribution in [2.45, 2.75) is 0 Å². The van der Waals surface area contributed by atoms with Gasteiger partial charge in [0.05, 0.1) is 10.9 Å². The number of ether oxygens (including phenoxy) is 1. The summed E-state index contributed by atoms with van der Waals surface area (Å²) in [6.45, 7) is 0. The van der Waals surface area contributed by atoms with Gasteiger partial charge < -0.3 is 9.84 Å². The first-order valence-corrected chi connectivity index (χ1v) is 8.46. The van der Waals surface area contributed by atoms with Crippen molar-refractivity contribution < 1.29 is 14.6 Å². The van der Waals surface area contributed by atoms with Crippen molar-refractivity contribution in [2.75, 3.05) is 0 Å². The molecule has 0 saturated carbocycles. The molecule has 0 aliphatic rings. The Labute approximate surface area is 148 Å². The highest BCUT2D eigenvalue weighted by molar-refractivity contribution is 7.20. The van der Waals surface area contributed by atoms with E-state index in [-0.39, 0.29) is 4.88 Å². The number of hydrogen-bond donors (Lipinski definition) is 1. The molecule has 2 aromatic heterocycles. The monoisotopic (exact) mass is 347 g/mol. The fourth-order valence-corrected chi connectivity index (χ4v) is 3.48. The first-order chi connectivity index (χ1) is 12.2. The standard InChI is InChI=1S/C20H13NO3S/c22-20(23)18-10-16-17(11-21-12-19(16)25-18)24-15-8-6-14(7-9-15)13-4-2-1-3-5-13/h1-12H,(H,22,23). The fourth-order valence-electron chi connectivity index (χ4n) is 2.60. The maximum Gasteiger partial charge on any atom is 0.345 e. The van der Waals surface area contributed by atoms with Gasteiger partial charge >= 0.3 is 5.97 Å². The van der Waals surface area contributed by atoms with E-state index >= 15 is 0 Å². The van der Waals surface area contributed by atoms with E-state index in [1.807, 2.05) is 42.5 Å². The van der Waals surface area contributed by atoms with Gasteiger partial charge in [-0.3, -0.25) is 4.98 Å². The van der Waals surface area contributed by atoms with Crippen molar-refractivity contribution in [3.05, 3.63) is 77.9 Å². The SMILES string of the molecule is O=C(O)c1cc2c(Oc3ccc(-c4ccccc4)cc3)cncc2s1. The summed E-state index contributed by atoms with van der Waals surface area (Å²) < 4.78 is 6.71. The third-order valence-electron chi connectivity index (χ3n) is 3.81. The Hall–Kier alpha value is -3.18. The predicted molar refractivity (Wildman–Crippen MR) is 98.5 cm³/mol. The number of aromatic nitrogens is 1. The van der Waals surface area contributed by atoms with Crippen LogP contribution in [0.3, 0.4) is 0 Å². The molecule has 0 bridgehead atoms. The molecule has 0 spiro atoms. The minimum atomic E-state index is -0.945. The molecule has 5 heteroatoms. The minimum absolute atomic E-state index is 0.271. The van der Waals surface area contributed by atoms with E-state index in [1.165, 1.54) is 11.3 Å². The van der Waals surface area contributed by atoms with E-state index in [0.29, 0.717) is 11.5 Å². The van der Waals surface area contributed by atoms with Gasteiger partial charge in [0.1, 0.15) is 10.6 Å². The number of thiophene rings is 1. The summed E-state index contributed by atoms with van der Waals surface area (Å²) in [6, 6.07) is 19.5. The molecule has 0 fully saturated rings. The van der Waals surface area contributed by atoms with E-state index < -0.39 is 5.97 Å². The van der Waals surface area contributed by atoms with Crippen molar-refractivity contribution in [2.24, 2.45) is 0 Å². The van der Waals surface area contributed by atoms with Crippen LogP contribution in [0.1, 0.15) is 9.67 Å². The van der Waals surface area contributed by atoms with Crippen LogP contribution in [0.4, 0.5) is 0 Å². The van der Waals surface area contributed by atoms with Crippen LogP contribution >= 0.6 is 11.3 Å². The molecule has 2 aromatic carbocycles. The summed E-state index contributed by atoms with van der Waals surface area (Å²) >= 11 is 1.19. The van der Waals surface area contributed by atoms with Gasteiger partial charge in [-0.2, -0.15) is 0 Å². The normalized spacial score (nSPS) is 10.7. The largest absolute Gasteiger partial charge is 0.477 e. The summed E-state index contributed by atoms with van der Waals surface area (Å²) in [5.74, 6) is 0.283. The molecule has 0 atom stereocenters. The maximum atomic E-state index is 11.2. The van der Waals surface area contributed by atoms with Crippen LogP contribution in [0.15, 0.2) is 73.1 Å². The molecule has 1 N–H and O–H groups in total. The molecule has 122 valence electrons. The highest BCUT2D eigenvalue weighted by Gasteiger charge is 2.13. The highest BCUT2D eigenvalue weighted by Crippen LogP contribution is 2.34. The second-order valence-electron chi connectivity index (χ2n) is 5.46. The molecule has 2 heterocycles. The second-order valence-corrected chi connectivity index (χ2v) is 6.54. The topological polar surface area (TPSA) is 59.4 Å². The van der Waals surface area contributed by atoms with Crippen molar-refractivity contribution in [3.63, 3.8) is 0 Å². The number of aromatic carboxylic acids is 1. The molecule has 25 heavy (non-hydrogen) atoms. The van der Waals surface area contributed by atoms with Crippen molar-refractivity contribution in [1.82, 2.24) is 4.98 Å². The van der Waals surface area contributed by atoms with Gasteiger partial charge in [-0.05, 0) is 29.3 Å². The molecular weight excluding hydrogens is 334 g/mol. The maximum absolute atomic E-state index is 11.2. The molecule has 0 aliphatic carbocycles. The molecule has 0 unspecified atom stereocenters. The van der Waals surface area contributed by atoms with Crippen molar-refractivity contribution >= 4 is 27.4 Å². The Morgan fingerprint density at radius 1 is 0.960 bits per heavy atom. The number of hydrogen-bond acceptors (Lipinski definition) is 4. The minimum Gasteiger partial charge on any atom is -0.477 e. The Morgan fingerprint density at radius 3 is 2.40 bits per heavy atom. The fraction of sp³-hybridized carbons (Fsp3) is 0. The number of pyridine rings is 1. The van der Waals surface area contributed by atoms with Crippen molar-refractivity contribution in [1.29, 1.82) is 0 Å². The zero-order chi connectivity index (χ0) is 17.2. The smallest absolute Gasteiger partial charge is 0.345 e. The van der Waals surface area contributed by atoms with Gasteiger partial charge in [-0.15, -0.1) is 11.3 Å². The molecule has 4 nitrogen and oxygen atoms in total. The highest BCUT2D eigenvalue weighted by atomic mass is 32.1. The van der Waals surface area contributed by atoms with Gasteiger partial charge in [-0.25, -0.2) is 4.79 Å². The van der Waals surface area contributed by atoms with E-state index in [1.54, 1.807) is 18.5 Å². The number of nitrogens with zero attached hydrogens (tertiary/aromatic N) is 1. The van der Waals surface area contributed by atoms with E-state index in [2.05, 4.69) is 17.1 Å². The lowest BCUT2D eigenvalue weighted by Gasteiger charge is -2.08. The lowest BCUT2D eigenvalue weighted by atomic mass is 10.1. The van der Waals surface area contributed by atoms with Crippen LogP contribution in [0, 0.1) is 0 Å². The molecule has 0 aliphatic heterocycles. The quantitative estimate of drug-likeness (QED) is 0.533. The van der Waals surface area contributed by atoms with Crippen LogP contribution in [0.5, 0.6) is 11.5 Å². The van der Waals surface area contributed by atoms with Crippen LogP contribution in [0.2, 0.25) is 0 Å². The molecule has 0 saturated heterocycles. The average molecular weight is 347 g/mol. The number of carboxylic acid groups (broad SMARTS) is 1. The van der Waals surface area contributed by atoms with Crippen LogP contribution < -0.4 is 4.74 Å². The lowest BCUT2D eigenvalue weighted by molar-refractivity contribution is 0.0702. The third kappa shape index (κ3) is 3.09. The second kappa shape index (κ2) is 6.37. The van der Waals surface area contributed by atoms with Crippen LogP contribution in [-0.4, -0.2) is 16.1 Å². The first-order valence-electron chi connectivity index (χ1n) is 7.65. The van der Waals surface area contributed by atoms with Gasteiger partial charge in [0.15, 0.2) is 5.75 Å². The first kappa shape index (κ1) is 15.4. The molecule has 0 amide bonds. The van der Waals surface area contributed by atoms with Gasteiger partial charge in [0, 0.05) is 11.6 Å². The Morgan fingerprint density at radius 2 is 1.68 bits per heavy atom. The Balaban J connectivity index is 1.64. The summed E-state index contributed by atoms with van der Waals surface area (Å²) in [5, 5.41) is 9.91. The van der Waals surface area contributed by atoms with Crippen LogP contribution in [0.25, 0.3) is 21.2 Å². The Bertz CT molecular complexity index is 1040. The number of carboxylic acids is 1. The lowest BCUT2D eigenvalue weighted by Crippen LogP contribution is -1.90. The van der Waals surface area contributed by atoms with E-state index in [4.69, 9.17) is 9.84 Å². The number of fused-ring (bicyclic) bond motifs is 1. The summed E-state index contributed by atoms with van der Waals surface area (Å²) in [4.78, 5) is 15.6. The molecule has 0 radical (unpaired) electrons. The van der Waals surface area contributed by atoms with E-state index in [9.17, 15) is 4.79 Å². The summed E-state index contributed by atoms with van der Waals surface area (Å²) in [7, 11) is 0. The van der Waals surface area contributed by atoms with Crippen molar-refractivity contribution in [3.8, 4) is 22.6 Å². The summed E-state index contributed by atoms with van der Waals surface area (Å²) in [6.07, 6.45) is 3.25. The zero-order valence-electron chi connectivity index (χ0n) is 13.0. The van der Waals surface area contributed by atoms with Crippen LogP contribution in [-0.2, 0) is 0 Å².